The molecular weight excluding hydrogens is 260 g/mol. The van der Waals surface area contributed by atoms with Gasteiger partial charge in [0.25, 0.3) is 0 Å². The van der Waals surface area contributed by atoms with Gasteiger partial charge in [0.1, 0.15) is 0 Å². The summed E-state index contributed by atoms with van der Waals surface area (Å²) in [4.78, 5) is 12.0. The van der Waals surface area contributed by atoms with Crippen LogP contribution in [0.15, 0.2) is 0 Å². The molecule has 1 saturated heterocycles. The number of halogens is 1. The number of carbonyl (C=O) groups is 1. The lowest BCUT2D eigenvalue weighted by Crippen LogP contribution is -2.41. The molecule has 1 amide bonds. The predicted molar refractivity (Wildman–Crippen MR) is 81.6 cm³/mol. The third-order valence-electron chi connectivity index (χ3n) is 4.70. The summed E-state index contributed by atoms with van der Waals surface area (Å²) in [6.07, 6.45) is 9.37. The summed E-state index contributed by atoms with van der Waals surface area (Å²) < 4.78 is 0. The molecule has 0 spiro atoms. The summed E-state index contributed by atoms with van der Waals surface area (Å²) >= 11 is 0. The normalized spacial score (nSPS) is 28.5. The SMILES string of the molecule is CC1CCCCC1NC(=O)CCC1CCNCC1.Cl. The highest BCUT2D eigenvalue weighted by atomic mass is 35.5. The average molecular weight is 289 g/mol. The van der Waals surface area contributed by atoms with E-state index in [0.29, 0.717) is 12.0 Å². The second-order valence-electron chi connectivity index (χ2n) is 6.17. The fourth-order valence-electron chi connectivity index (χ4n) is 3.32. The fraction of sp³-hybridized carbons (Fsp3) is 0.933. The Balaban J connectivity index is 0.00000180. The molecule has 0 bridgehead atoms. The van der Waals surface area contributed by atoms with E-state index < -0.39 is 0 Å². The Morgan fingerprint density at radius 1 is 1.16 bits per heavy atom. The van der Waals surface area contributed by atoms with Gasteiger partial charge in [-0.25, -0.2) is 0 Å². The highest BCUT2D eigenvalue weighted by Gasteiger charge is 2.23. The highest BCUT2D eigenvalue weighted by Crippen LogP contribution is 2.24. The molecule has 2 unspecified atom stereocenters. The Morgan fingerprint density at radius 2 is 1.84 bits per heavy atom. The summed E-state index contributed by atoms with van der Waals surface area (Å²) in [6.45, 7) is 4.54. The summed E-state index contributed by atoms with van der Waals surface area (Å²) in [5.74, 6) is 1.72. The Bertz CT molecular complexity index is 267. The van der Waals surface area contributed by atoms with Crippen molar-refractivity contribution in [3.05, 3.63) is 0 Å². The van der Waals surface area contributed by atoms with E-state index in [9.17, 15) is 4.79 Å². The highest BCUT2D eigenvalue weighted by molar-refractivity contribution is 5.85. The molecule has 2 rings (SSSR count). The van der Waals surface area contributed by atoms with Crippen LogP contribution in [0, 0.1) is 11.8 Å². The first-order chi connectivity index (χ1) is 8.75. The monoisotopic (exact) mass is 288 g/mol. The molecule has 2 fully saturated rings. The average Bonchev–Trinajstić information content (AvgIpc) is 2.40. The van der Waals surface area contributed by atoms with Gasteiger partial charge < -0.3 is 10.6 Å². The number of amides is 1. The van der Waals surface area contributed by atoms with Gasteiger partial charge in [-0.2, -0.15) is 0 Å². The van der Waals surface area contributed by atoms with E-state index in [2.05, 4.69) is 17.6 Å². The van der Waals surface area contributed by atoms with Crippen molar-refractivity contribution in [1.29, 1.82) is 0 Å². The van der Waals surface area contributed by atoms with Crippen molar-refractivity contribution in [3.63, 3.8) is 0 Å². The second kappa shape index (κ2) is 8.80. The minimum atomic E-state index is 0. The van der Waals surface area contributed by atoms with Gasteiger partial charge in [-0.15, -0.1) is 12.4 Å². The zero-order valence-electron chi connectivity index (χ0n) is 12.1. The van der Waals surface area contributed by atoms with Crippen molar-refractivity contribution in [2.75, 3.05) is 13.1 Å². The molecule has 1 aliphatic heterocycles. The van der Waals surface area contributed by atoms with Crippen molar-refractivity contribution < 1.29 is 4.79 Å². The van der Waals surface area contributed by atoms with Crippen LogP contribution in [-0.2, 0) is 4.79 Å². The molecule has 1 aliphatic carbocycles. The lowest BCUT2D eigenvalue weighted by Gasteiger charge is -2.30. The Hall–Kier alpha value is -0.280. The van der Waals surface area contributed by atoms with Gasteiger partial charge in [0.2, 0.25) is 5.91 Å². The van der Waals surface area contributed by atoms with Crippen molar-refractivity contribution in [3.8, 4) is 0 Å². The van der Waals surface area contributed by atoms with Gasteiger partial charge in [0.15, 0.2) is 0 Å². The lowest BCUT2D eigenvalue weighted by molar-refractivity contribution is -0.122. The first kappa shape index (κ1) is 16.8. The third-order valence-corrected chi connectivity index (χ3v) is 4.70. The van der Waals surface area contributed by atoms with Crippen LogP contribution in [0.1, 0.15) is 58.3 Å². The van der Waals surface area contributed by atoms with Crippen LogP contribution >= 0.6 is 12.4 Å². The third kappa shape index (κ3) is 5.70. The maximum atomic E-state index is 12.0. The van der Waals surface area contributed by atoms with Crippen LogP contribution in [0.5, 0.6) is 0 Å². The smallest absolute Gasteiger partial charge is 0.220 e. The summed E-state index contributed by atoms with van der Waals surface area (Å²) in [5, 5.41) is 6.63. The molecule has 4 heteroatoms. The standard InChI is InChI=1S/C15H28N2O.ClH/c1-12-4-2-3-5-14(12)17-15(18)7-6-13-8-10-16-11-9-13;/h12-14,16H,2-11H2,1H3,(H,17,18);1H. The Labute approximate surface area is 123 Å². The Morgan fingerprint density at radius 3 is 2.53 bits per heavy atom. The maximum Gasteiger partial charge on any atom is 0.220 e. The molecule has 2 atom stereocenters. The molecule has 0 aromatic rings. The van der Waals surface area contributed by atoms with Crippen LogP contribution in [0.25, 0.3) is 0 Å². The molecule has 0 aromatic heterocycles. The summed E-state index contributed by atoms with van der Waals surface area (Å²) in [5.41, 5.74) is 0. The van der Waals surface area contributed by atoms with Gasteiger partial charge in [-0.05, 0) is 57.0 Å². The molecule has 112 valence electrons. The van der Waals surface area contributed by atoms with Crippen LogP contribution in [0.2, 0.25) is 0 Å². The largest absolute Gasteiger partial charge is 0.353 e. The molecule has 1 saturated carbocycles. The maximum absolute atomic E-state index is 12.0. The zero-order valence-corrected chi connectivity index (χ0v) is 12.9. The van der Waals surface area contributed by atoms with E-state index in [0.717, 1.165) is 31.8 Å². The lowest BCUT2D eigenvalue weighted by atomic mass is 9.85. The molecule has 2 N–H and O–H groups in total. The van der Waals surface area contributed by atoms with Crippen molar-refractivity contribution >= 4 is 18.3 Å². The van der Waals surface area contributed by atoms with E-state index in [1.165, 1.54) is 38.5 Å². The van der Waals surface area contributed by atoms with Gasteiger partial charge in [0.05, 0.1) is 0 Å². The molecule has 19 heavy (non-hydrogen) atoms. The predicted octanol–water partition coefficient (Wildman–Crippen LogP) is 2.88. The van der Waals surface area contributed by atoms with Crippen molar-refractivity contribution in [2.45, 2.75) is 64.3 Å². The van der Waals surface area contributed by atoms with E-state index in [-0.39, 0.29) is 18.3 Å². The Kier molecular flexibility index (Phi) is 7.77. The minimum absolute atomic E-state index is 0. The number of hydrogen-bond donors (Lipinski definition) is 2. The van der Waals surface area contributed by atoms with E-state index in [4.69, 9.17) is 0 Å². The number of hydrogen-bond acceptors (Lipinski definition) is 2. The van der Waals surface area contributed by atoms with Gasteiger partial charge in [-0.3, -0.25) is 4.79 Å². The van der Waals surface area contributed by atoms with Gasteiger partial charge in [-0.1, -0.05) is 19.8 Å². The quantitative estimate of drug-likeness (QED) is 0.835. The van der Waals surface area contributed by atoms with E-state index in [1.807, 2.05) is 0 Å². The second-order valence-corrected chi connectivity index (χ2v) is 6.17. The number of rotatable bonds is 4. The van der Waals surface area contributed by atoms with Crippen LogP contribution in [0.3, 0.4) is 0 Å². The molecule has 0 aromatic carbocycles. The van der Waals surface area contributed by atoms with Crippen LogP contribution in [0.4, 0.5) is 0 Å². The first-order valence-corrected chi connectivity index (χ1v) is 7.76. The topological polar surface area (TPSA) is 41.1 Å². The number of piperidine rings is 1. The summed E-state index contributed by atoms with van der Waals surface area (Å²) in [7, 11) is 0. The van der Waals surface area contributed by atoms with Gasteiger partial charge >= 0.3 is 0 Å². The number of carbonyl (C=O) groups excluding carboxylic acids is 1. The zero-order chi connectivity index (χ0) is 12.8. The van der Waals surface area contributed by atoms with Gasteiger partial charge in [0, 0.05) is 12.5 Å². The van der Waals surface area contributed by atoms with Crippen LogP contribution in [-0.4, -0.2) is 25.0 Å². The van der Waals surface area contributed by atoms with E-state index in [1.54, 1.807) is 0 Å². The van der Waals surface area contributed by atoms with E-state index >= 15 is 0 Å². The first-order valence-electron chi connectivity index (χ1n) is 7.76. The molecule has 1 heterocycles. The molecular formula is C15H29ClN2O. The minimum Gasteiger partial charge on any atom is -0.353 e. The number of nitrogens with one attached hydrogen (secondary N) is 2. The fourth-order valence-corrected chi connectivity index (χ4v) is 3.32. The van der Waals surface area contributed by atoms with Crippen LogP contribution < -0.4 is 10.6 Å². The van der Waals surface area contributed by atoms with Crippen molar-refractivity contribution in [1.82, 2.24) is 10.6 Å². The molecule has 2 aliphatic rings. The molecule has 3 nitrogen and oxygen atoms in total. The van der Waals surface area contributed by atoms with Crippen molar-refractivity contribution in [2.24, 2.45) is 11.8 Å². The molecule has 0 radical (unpaired) electrons. The summed E-state index contributed by atoms with van der Waals surface area (Å²) in [6, 6.07) is 0.444.